The lowest BCUT2D eigenvalue weighted by Gasteiger charge is -2.26. The first-order chi connectivity index (χ1) is 9.99. The molecule has 2 heterocycles. The molecule has 7 heteroatoms. The van der Waals surface area contributed by atoms with E-state index in [1.165, 1.54) is 0 Å². The second kappa shape index (κ2) is 6.43. The summed E-state index contributed by atoms with van der Waals surface area (Å²) < 4.78 is 0. The number of tetrazole rings is 1. The van der Waals surface area contributed by atoms with Gasteiger partial charge in [0.2, 0.25) is 0 Å². The van der Waals surface area contributed by atoms with E-state index in [4.69, 9.17) is 5.73 Å². The zero-order valence-corrected chi connectivity index (χ0v) is 12.4. The number of hydrogen-bond donors (Lipinski definition) is 2. The van der Waals surface area contributed by atoms with Crippen LogP contribution >= 0.6 is 0 Å². The number of ketones is 1. The second-order valence-corrected chi connectivity index (χ2v) is 5.57. The van der Waals surface area contributed by atoms with Crippen molar-refractivity contribution in [1.82, 2.24) is 25.6 Å². The molecule has 0 aliphatic rings. The molecule has 0 spiro atoms. The molecule has 0 aliphatic carbocycles. The minimum absolute atomic E-state index is 0.108. The Labute approximate surface area is 123 Å². The van der Waals surface area contributed by atoms with Crippen LogP contribution in [0.5, 0.6) is 0 Å². The third-order valence-corrected chi connectivity index (χ3v) is 3.64. The molecule has 2 atom stereocenters. The summed E-state index contributed by atoms with van der Waals surface area (Å²) >= 11 is 0. The maximum Gasteiger partial charge on any atom is 0.152 e. The Hall–Kier alpha value is -2.31. The monoisotopic (exact) mass is 288 g/mol. The molecular weight excluding hydrogens is 268 g/mol. The lowest BCUT2D eigenvalue weighted by atomic mass is 9.77. The van der Waals surface area contributed by atoms with Gasteiger partial charge >= 0.3 is 0 Å². The zero-order valence-electron chi connectivity index (χ0n) is 12.4. The molecule has 0 aromatic carbocycles. The first-order valence-corrected chi connectivity index (χ1v) is 6.93. The number of H-pyrrole nitrogens is 1. The quantitative estimate of drug-likeness (QED) is 0.830. The van der Waals surface area contributed by atoms with Crippen molar-refractivity contribution >= 4 is 11.6 Å². The molecule has 0 fully saturated rings. The van der Waals surface area contributed by atoms with E-state index in [0.29, 0.717) is 18.1 Å². The van der Waals surface area contributed by atoms with Gasteiger partial charge in [-0.2, -0.15) is 0 Å². The lowest BCUT2D eigenvalue weighted by Crippen LogP contribution is -2.28. The van der Waals surface area contributed by atoms with E-state index < -0.39 is 0 Å². The van der Waals surface area contributed by atoms with Gasteiger partial charge in [0.15, 0.2) is 5.82 Å². The molecule has 0 radical (unpaired) electrons. The van der Waals surface area contributed by atoms with Crippen LogP contribution in [0.4, 0.5) is 5.82 Å². The van der Waals surface area contributed by atoms with Gasteiger partial charge in [0.1, 0.15) is 11.6 Å². The van der Waals surface area contributed by atoms with E-state index >= 15 is 0 Å². The van der Waals surface area contributed by atoms with Gasteiger partial charge in [-0.25, -0.2) is 10.1 Å². The number of pyridine rings is 1. The van der Waals surface area contributed by atoms with Crippen molar-refractivity contribution in [1.29, 1.82) is 0 Å². The Morgan fingerprint density at radius 3 is 2.62 bits per heavy atom. The number of nitrogens with zero attached hydrogens (tertiary/aromatic N) is 4. The second-order valence-electron chi connectivity index (χ2n) is 5.57. The van der Waals surface area contributed by atoms with E-state index in [-0.39, 0.29) is 23.5 Å². The van der Waals surface area contributed by atoms with Gasteiger partial charge in [-0.3, -0.25) is 4.79 Å². The van der Waals surface area contributed by atoms with Gasteiger partial charge in [-0.1, -0.05) is 19.9 Å². The number of aromatic amines is 1. The van der Waals surface area contributed by atoms with Gasteiger partial charge in [0.25, 0.3) is 0 Å². The molecule has 7 nitrogen and oxygen atoms in total. The standard InChI is InChI=1S/C14H20N6O/c1-8(2)13(9(3)21)11(14-17-19-20-18-14)6-10-4-5-12(15)16-7-10/h4-5,7-8,11,13H,6H2,1-3H3,(H2,15,16)(H,17,18,19,20)/t11-,13+/m0/s1. The maximum absolute atomic E-state index is 12.0. The summed E-state index contributed by atoms with van der Waals surface area (Å²) in [6.45, 7) is 5.68. The number of rotatable bonds is 6. The molecule has 2 aromatic heterocycles. The molecule has 0 aliphatic heterocycles. The van der Waals surface area contributed by atoms with Crippen LogP contribution in [0.3, 0.4) is 0 Å². The number of hydrogen-bond acceptors (Lipinski definition) is 6. The highest BCUT2D eigenvalue weighted by Gasteiger charge is 2.32. The van der Waals surface area contributed by atoms with Crippen LogP contribution in [0.2, 0.25) is 0 Å². The summed E-state index contributed by atoms with van der Waals surface area (Å²) in [6.07, 6.45) is 2.36. The summed E-state index contributed by atoms with van der Waals surface area (Å²) in [5.41, 5.74) is 6.60. The molecule has 0 amide bonds. The molecule has 2 rings (SSSR count). The third kappa shape index (κ3) is 3.62. The van der Waals surface area contributed by atoms with Crippen LogP contribution in [0.15, 0.2) is 18.3 Å². The van der Waals surface area contributed by atoms with Crippen LogP contribution in [0.1, 0.15) is 38.1 Å². The highest BCUT2D eigenvalue weighted by Crippen LogP contribution is 2.32. The SMILES string of the molecule is CC(=O)[C@@H](C(C)C)[C@H](Cc1ccc(N)nc1)c1nnn[nH]1. The Morgan fingerprint density at radius 2 is 2.14 bits per heavy atom. The van der Waals surface area contributed by atoms with Gasteiger partial charge in [0.05, 0.1) is 0 Å². The predicted octanol–water partition coefficient (Wildman–Crippen LogP) is 1.36. The van der Waals surface area contributed by atoms with Crippen LogP contribution in [0, 0.1) is 11.8 Å². The Kier molecular flexibility index (Phi) is 4.62. The van der Waals surface area contributed by atoms with Crippen molar-refractivity contribution in [2.45, 2.75) is 33.1 Å². The molecule has 2 aromatic rings. The van der Waals surface area contributed by atoms with Crippen LogP contribution in [-0.2, 0) is 11.2 Å². The fourth-order valence-corrected chi connectivity index (χ4v) is 2.75. The summed E-state index contributed by atoms with van der Waals surface area (Å²) in [7, 11) is 0. The van der Waals surface area contributed by atoms with Crippen molar-refractivity contribution in [3.05, 3.63) is 29.7 Å². The molecular formula is C14H20N6O. The number of nitrogens with one attached hydrogen (secondary N) is 1. The van der Waals surface area contributed by atoms with E-state index in [1.54, 1.807) is 19.2 Å². The van der Waals surface area contributed by atoms with E-state index in [0.717, 1.165) is 5.56 Å². The first-order valence-electron chi connectivity index (χ1n) is 6.93. The fourth-order valence-electron chi connectivity index (χ4n) is 2.75. The summed E-state index contributed by atoms with van der Waals surface area (Å²) in [6, 6.07) is 3.67. The number of nitrogen functional groups attached to an aromatic ring is 1. The highest BCUT2D eigenvalue weighted by atomic mass is 16.1. The van der Waals surface area contributed by atoms with Gasteiger partial charge in [-0.05, 0) is 41.3 Å². The molecule has 0 saturated carbocycles. The Balaban J connectivity index is 2.32. The topological polar surface area (TPSA) is 110 Å². The molecule has 0 saturated heterocycles. The minimum Gasteiger partial charge on any atom is -0.384 e. The van der Waals surface area contributed by atoms with Crippen LogP contribution in [0.25, 0.3) is 0 Å². The smallest absolute Gasteiger partial charge is 0.152 e. The lowest BCUT2D eigenvalue weighted by molar-refractivity contribution is -0.122. The third-order valence-electron chi connectivity index (χ3n) is 3.64. The molecule has 21 heavy (non-hydrogen) atoms. The number of aromatic nitrogens is 5. The number of Topliss-reactive ketones (excluding diaryl/α,β-unsaturated/α-hetero) is 1. The largest absolute Gasteiger partial charge is 0.384 e. The predicted molar refractivity (Wildman–Crippen MR) is 78.3 cm³/mol. The number of anilines is 1. The Bertz CT molecular complexity index is 578. The highest BCUT2D eigenvalue weighted by molar-refractivity contribution is 5.79. The van der Waals surface area contributed by atoms with E-state index in [9.17, 15) is 4.79 Å². The van der Waals surface area contributed by atoms with Crippen molar-refractivity contribution < 1.29 is 4.79 Å². The summed E-state index contributed by atoms with van der Waals surface area (Å²) in [5.74, 6) is 1.17. The van der Waals surface area contributed by atoms with Crippen LogP contribution < -0.4 is 5.73 Å². The average molecular weight is 288 g/mol. The van der Waals surface area contributed by atoms with Gasteiger partial charge in [-0.15, -0.1) is 5.10 Å². The zero-order chi connectivity index (χ0) is 15.4. The minimum atomic E-state index is -0.155. The Morgan fingerprint density at radius 1 is 1.38 bits per heavy atom. The van der Waals surface area contributed by atoms with E-state index in [2.05, 4.69) is 25.6 Å². The van der Waals surface area contributed by atoms with Crippen molar-refractivity contribution in [2.24, 2.45) is 11.8 Å². The van der Waals surface area contributed by atoms with Crippen LogP contribution in [-0.4, -0.2) is 31.4 Å². The maximum atomic E-state index is 12.0. The number of nitrogens with two attached hydrogens (primary N) is 1. The number of carbonyl (C=O) groups is 1. The number of carbonyl (C=O) groups excluding carboxylic acids is 1. The fraction of sp³-hybridized carbons (Fsp3) is 0.500. The molecule has 0 unspecified atom stereocenters. The summed E-state index contributed by atoms with van der Waals surface area (Å²) in [5, 5.41) is 14.1. The average Bonchev–Trinajstić information content (AvgIpc) is 2.93. The van der Waals surface area contributed by atoms with Crippen molar-refractivity contribution in [2.75, 3.05) is 5.73 Å². The molecule has 112 valence electrons. The normalized spacial score (nSPS) is 14.1. The molecule has 3 N–H and O–H groups in total. The van der Waals surface area contributed by atoms with E-state index in [1.807, 2.05) is 19.9 Å². The summed E-state index contributed by atoms with van der Waals surface area (Å²) in [4.78, 5) is 16.1. The van der Waals surface area contributed by atoms with Crippen molar-refractivity contribution in [3.8, 4) is 0 Å². The van der Waals surface area contributed by atoms with Gasteiger partial charge in [0, 0.05) is 18.0 Å². The van der Waals surface area contributed by atoms with Gasteiger partial charge < -0.3 is 5.73 Å². The first kappa shape index (κ1) is 15.1. The van der Waals surface area contributed by atoms with Crippen molar-refractivity contribution in [3.63, 3.8) is 0 Å². The molecule has 0 bridgehead atoms.